The van der Waals surface area contributed by atoms with Crippen LogP contribution in [0.5, 0.6) is 0 Å². The second-order valence-corrected chi connectivity index (χ2v) is 2.01. The molecule has 0 aliphatic heterocycles. The summed E-state index contributed by atoms with van der Waals surface area (Å²) in [5, 5.41) is 0. The monoisotopic (exact) mass is 360 g/mol. The quantitative estimate of drug-likeness (QED) is 0.516. The summed E-state index contributed by atoms with van der Waals surface area (Å²) >= 11 is 0. The minimum Gasteiger partial charge on any atom is -1.00 e. The third-order valence-corrected chi connectivity index (χ3v) is 1.17. The molecule has 0 saturated heterocycles. The summed E-state index contributed by atoms with van der Waals surface area (Å²) in [4.78, 5) is 0. The van der Waals surface area contributed by atoms with Crippen LogP contribution >= 0.6 is 0 Å². The standard InChI is InChI=1S/2C5H5.ClH.Pt/c2*1-2-4-5-3-1;;/h2*1-3H,4H2;1H;/q2*-1;;+2/p-1. The molecule has 0 bridgehead atoms. The van der Waals surface area contributed by atoms with Gasteiger partial charge in [0, 0.05) is 0 Å². The Balaban J connectivity index is 0. The van der Waals surface area contributed by atoms with Gasteiger partial charge in [-0.3, -0.25) is 12.2 Å². The average molecular weight is 361 g/mol. The Bertz CT molecular complexity index is 148. The maximum atomic E-state index is 2.99. The van der Waals surface area contributed by atoms with Crippen LogP contribution in [-0.4, -0.2) is 0 Å². The Morgan fingerprint density at radius 1 is 0.833 bits per heavy atom. The van der Waals surface area contributed by atoms with Crippen LogP contribution in [-0.2, 0) is 21.1 Å². The summed E-state index contributed by atoms with van der Waals surface area (Å²) in [7, 11) is 0. The largest absolute Gasteiger partial charge is 2.00 e. The van der Waals surface area contributed by atoms with Gasteiger partial charge in [-0.05, 0) is 0 Å². The fourth-order valence-corrected chi connectivity index (χ4v) is 0.680. The minimum absolute atomic E-state index is 0. The molecule has 0 amide bonds. The van der Waals surface area contributed by atoms with E-state index in [1.54, 1.807) is 0 Å². The van der Waals surface area contributed by atoms with E-state index in [1.807, 2.05) is 24.3 Å². The Morgan fingerprint density at radius 3 is 1.33 bits per heavy atom. The second kappa shape index (κ2) is 10.9. The molecule has 0 atom stereocenters. The summed E-state index contributed by atoms with van der Waals surface area (Å²) in [5.41, 5.74) is 0. The molecule has 2 aliphatic carbocycles. The van der Waals surface area contributed by atoms with Crippen molar-refractivity contribution in [3.63, 3.8) is 0 Å². The van der Waals surface area contributed by atoms with Crippen molar-refractivity contribution in [1.29, 1.82) is 0 Å². The van der Waals surface area contributed by atoms with E-state index in [2.05, 4.69) is 24.3 Å². The fourth-order valence-electron chi connectivity index (χ4n) is 0.680. The predicted octanol–water partition coefficient (Wildman–Crippen LogP) is -0.387. The van der Waals surface area contributed by atoms with E-state index in [1.165, 1.54) is 0 Å². The normalized spacial score (nSPS) is 14.7. The summed E-state index contributed by atoms with van der Waals surface area (Å²) in [6.07, 6.45) is 20.0. The SMILES string of the molecule is [C-]1=CC=CC1.[C-]1=CC=CC1.[Cl-].[Pt+2]. The first-order chi connectivity index (χ1) is 5.00. The zero-order valence-electron chi connectivity index (χ0n) is 6.57. The Morgan fingerprint density at radius 2 is 1.25 bits per heavy atom. The predicted molar refractivity (Wildman–Crippen MR) is 43.1 cm³/mol. The third kappa shape index (κ3) is 8.04. The van der Waals surface area contributed by atoms with Crippen LogP contribution < -0.4 is 12.4 Å². The van der Waals surface area contributed by atoms with Gasteiger partial charge in [0.25, 0.3) is 0 Å². The minimum atomic E-state index is 0. The number of allylic oxidation sites excluding steroid dienone is 8. The van der Waals surface area contributed by atoms with Gasteiger partial charge in [-0.15, -0.1) is 12.8 Å². The smallest absolute Gasteiger partial charge is 1.00 e. The van der Waals surface area contributed by atoms with E-state index >= 15 is 0 Å². The first-order valence-corrected chi connectivity index (χ1v) is 3.43. The van der Waals surface area contributed by atoms with Crippen molar-refractivity contribution in [3.05, 3.63) is 48.6 Å². The topological polar surface area (TPSA) is 0 Å². The van der Waals surface area contributed by atoms with Crippen molar-refractivity contribution < 1.29 is 33.5 Å². The van der Waals surface area contributed by atoms with Crippen LogP contribution in [0.2, 0.25) is 0 Å². The van der Waals surface area contributed by atoms with Crippen molar-refractivity contribution >= 4 is 0 Å². The Kier molecular flexibility index (Phi) is 13.2. The zero-order valence-corrected chi connectivity index (χ0v) is 9.60. The molecule has 68 valence electrons. The molecule has 0 N–H and O–H groups in total. The van der Waals surface area contributed by atoms with Crippen LogP contribution in [0.1, 0.15) is 12.8 Å². The van der Waals surface area contributed by atoms with Crippen molar-refractivity contribution in [1.82, 2.24) is 0 Å². The van der Waals surface area contributed by atoms with E-state index in [-0.39, 0.29) is 33.5 Å². The summed E-state index contributed by atoms with van der Waals surface area (Å²) in [5.74, 6) is 0. The molecule has 0 aromatic carbocycles. The average Bonchev–Trinajstić information content (AvgIpc) is 2.67. The molecule has 0 nitrogen and oxygen atoms in total. The molecule has 0 radical (unpaired) electrons. The van der Waals surface area contributed by atoms with Gasteiger partial charge in [0.1, 0.15) is 0 Å². The van der Waals surface area contributed by atoms with Crippen LogP contribution in [0.3, 0.4) is 0 Å². The first kappa shape index (κ1) is 14.5. The number of rotatable bonds is 0. The number of hydrogen-bond acceptors (Lipinski definition) is 0. The van der Waals surface area contributed by atoms with E-state index in [0.29, 0.717) is 0 Å². The van der Waals surface area contributed by atoms with Gasteiger partial charge in [-0.2, -0.15) is 12.2 Å². The first-order valence-electron chi connectivity index (χ1n) is 3.43. The third-order valence-electron chi connectivity index (χ3n) is 1.17. The van der Waals surface area contributed by atoms with Gasteiger partial charge >= 0.3 is 21.1 Å². The maximum Gasteiger partial charge on any atom is 2.00 e. The molecule has 0 spiro atoms. The Hall–Kier alpha value is -0.0617. The molecule has 12 heavy (non-hydrogen) atoms. The van der Waals surface area contributed by atoms with Crippen molar-refractivity contribution in [2.24, 2.45) is 0 Å². The molecule has 0 fully saturated rings. The summed E-state index contributed by atoms with van der Waals surface area (Å²) in [6.45, 7) is 0. The molecule has 0 heterocycles. The van der Waals surface area contributed by atoms with E-state index in [0.717, 1.165) is 12.8 Å². The zero-order chi connectivity index (χ0) is 7.07. The molecule has 2 heteroatoms. The van der Waals surface area contributed by atoms with Gasteiger partial charge in [0.2, 0.25) is 0 Å². The second-order valence-electron chi connectivity index (χ2n) is 2.01. The van der Waals surface area contributed by atoms with Gasteiger partial charge in [0.15, 0.2) is 0 Å². The van der Waals surface area contributed by atoms with E-state index < -0.39 is 0 Å². The maximum absolute atomic E-state index is 2.99. The van der Waals surface area contributed by atoms with E-state index in [9.17, 15) is 0 Å². The number of hydrogen-bond donors (Lipinski definition) is 0. The summed E-state index contributed by atoms with van der Waals surface area (Å²) < 4.78 is 0. The Labute approximate surface area is 94.8 Å². The van der Waals surface area contributed by atoms with Gasteiger partial charge in [-0.1, -0.05) is 0 Å². The fraction of sp³-hybridized carbons (Fsp3) is 0.200. The van der Waals surface area contributed by atoms with Crippen molar-refractivity contribution in [3.8, 4) is 0 Å². The molecule has 2 rings (SSSR count). The molecular formula is C10H10ClPt-. The van der Waals surface area contributed by atoms with Crippen LogP contribution in [0, 0.1) is 12.2 Å². The van der Waals surface area contributed by atoms with Gasteiger partial charge < -0.3 is 12.4 Å². The van der Waals surface area contributed by atoms with Crippen molar-refractivity contribution in [2.75, 3.05) is 0 Å². The van der Waals surface area contributed by atoms with Gasteiger partial charge in [-0.25, -0.2) is 24.3 Å². The van der Waals surface area contributed by atoms with Crippen molar-refractivity contribution in [2.45, 2.75) is 12.8 Å². The molecule has 0 unspecified atom stereocenters. The molecule has 2 aliphatic rings. The van der Waals surface area contributed by atoms with E-state index in [4.69, 9.17) is 0 Å². The van der Waals surface area contributed by atoms with Crippen LogP contribution in [0.15, 0.2) is 36.5 Å². The summed E-state index contributed by atoms with van der Waals surface area (Å²) in [6, 6.07) is 0. The van der Waals surface area contributed by atoms with Crippen LogP contribution in [0.25, 0.3) is 0 Å². The van der Waals surface area contributed by atoms with Gasteiger partial charge in [0.05, 0.1) is 0 Å². The van der Waals surface area contributed by atoms with Crippen LogP contribution in [0.4, 0.5) is 0 Å². The molecular weight excluding hydrogens is 351 g/mol. The number of halogens is 1. The molecule has 0 aromatic rings. The molecule has 0 saturated carbocycles. The molecule has 0 aromatic heterocycles.